The first-order valence-corrected chi connectivity index (χ1v) is 11.1. The maximum absolute atomic E-state index is 9.40. The zero-order chi connectivity index (χ0) is 21.1. The van der Waals surface area contributed by atoms with Crippen LogP contribution in [0.3, 0.4) is 0 Å². The molecule has 0 aliphatic carbocycles. The molecule has 0 fully saturated rings. The minimum atomic E-state index is 0.610. The van der Waals surface area contributed by atoms with Crippen LogP contribution in [0.4, 0.5) is 5.82 Å². The zero-order valence-corrected chi connectivity index (χ0v) is 18.2. The number of hydrogen-bond acceptors (Lipinski definition) is 7. The molecule has 0 atom stereocenters. The van der Waals surface area contributed by atoms with Gasteiger partial charge in [-0.25, -0.2) is 15.0 Å². The van der Waals surface area contributed by atoms with Crippen molar-refractivity contribution in [2.45, 2.75) is 37.6 Å². The van der Waals surface area contributed by atoms with Crippen LogP contribution in [-0.2, 0) is 30.4 Å². The number of aromatic nitrogens is 4. The van der Waals surface area contributed by atoms with E-state index in [1.807, 2.05) is 29.9 Å². The van der Waals surface area contributed by atoms with Crippen molar-refractivity contribution < 1.29 is 4.74 Å². The zero-order valence-electron chi connectivity index (χ0n) is 17.4. The molecule has 1 aromatic carbocycles. The highest BCUT2D eigenvalue weighted by molar-refractivity contribution is 7.98. The predicted octanol–water partition coefficient (Wildman–Crippen LogP) is 3.96. The Balaban J connectivity index is 1.69. The molecule has 1 aliphatic rings. The molecule has 0 spiro atoms. The highest BCUT2D eigenvalue weighted by Gasteiger charge is 2.20. The van der Waals surface area contributed by atoms with Crippen LogP contribution in [0.5, 0.6) is 0 Å². The fraction of sp³-hybridized carbons (Fsp3) is 0.364. The van der Waals surface area contributed by atoms with E-state index in [4.69, 9.17) is 19.7 Å². The quantitative estimate of drug-likeness (QED) is 0.441. The molecule has 0 unspecified atom stereocenters. The van der Waals surface area contributed by atoms with E-state index in [0.29, 0.717) is 17.5 Å². The molecule has 3 aromatic rings. The number of hydrogen-bond donors (Lipinski definition) is 0. The van der Waals surface area contributed by atoms with Gasteiger partial charge in [-0.2, -0.15) is 5.26 Å². The number of anilines is 1. The topological polar surface area (TPSA) is 79.9 Å². The van der Waals surface area contributed by atoms with E-state index < -0.39 is 0 Å². The van der Waals surface area contributed by atoms with Crippen LogP contribution in [0.2, 0.25) is 0 Å². The number of benzene rings is 1. The summed E-state index contributed by atoms with van der Waals surface area (Å²) in [7, 11) is 2.00. The lowest BCUT2D eigenvalue weighted by molar-refractivity contribution is 0.245. The van der Waals surface area contributed by atoms with Crippen LogP contribution >= 0.6 is 11.8 Å². The number of fused-ring (bicyclic) bond motifs is 1. The van der Waals surface area contributed by atoms with Crippen LogP contribution < -0.4 is 4.90 Å². The summed E-state index contributed by atoms with van der Waals surface area (Å²) in [6, 6.07) is 8.39. The van der Waals surface area contributed by atoms with Gasteiger partial charge in [-0.15, -0.1) is 0 Å². The Morgan fingerprint density at radius 3 is 2.77 bits per heavy atom. The van der Waals surface area contributed by atoms with Crippen molar-refractivity contribution in [3.05, 3.63) is 53.2 Å². The highest BCUT2D eigenvalue weighted by atomic mass is 32.2. The first kappa shape index (κ1) is 20.2. The molecular formula is C22H24N6OS. The first-order valence-electron chi connectivity index (χ1n) is 10.1. The van der Waals surface area contributed by atoms with E-state index in [9.17, 15) is 5.26 Å². The normalized spacial score (nSPS) is 13.5. The van der Waals surface area contributed by atoms with Crippen molar-refractivity contribution in [2.24, 2.45) is 7.05 Å². The largest absolute Gasteiger partial charge is 0.498 e. The summed E-state index contributed by atoms with van der Waals surface area (Å²) in [5.41, 5.74) is 4.55. The second-order valence-electron chi connectivity index (χ2n) is 7.04. The van der Waals surface area contributed by atoms with Crippen molar-refractivity contribution >= 4 is 28.7 Å². The summed E-state index contributed by atoms with van der Waals surface area (Å²) in [6.45, 7) is 5.48. The average Bonchev–Trinajstić information content (AvgIpc) is 3.13. The molecule has 7 nitrogen and oxygen atoms in total. The fourth-order valence-corrected chi connectivity index (χ4v) is 4.29. The van der Waals surface area contributed by atoms with E-state index >= 15 is 0 Å². The summed E-state index contributed by atoms with van der Waals surface area (Å²) in [4.78, 5) is 16.5. The van der Waals surface area contributed by atoms with Crippen LogP contribution in [-0.4, -0.2) is 32.7 Å². The van der Waals surface area contributed by atoms with Crippen molar-refractivity contribution in [2.75, 3.05) is 18.1 Å². The summed E-state index contributed by atoms with van der Waals surface area (Å²) in [5.74, 6) is 2.48. The van der Waals surface area contributed by atoms with Gasteiger partial charge >= 0.3 is 0 Å². The molecule has 154 valence electrons. The number of imidazole rings is 1. The van der Waals surface area contributed by atoms with Gasteiger partial charge in [0.05, 0.1) is 24.4 Å². The van der Waals surface area contributed by atoms with Gasteiger partial charge in [-0.1, -0.05) is 37.7 Å². The van der Waals surface area contributed by atoms with Gasteiger partial charge in [-0.3, -0.25) is 0 Å². The third-order valence-corrected chi connectivity index (χ3v) is 6.11. The summed E-state index contributed by atoms with van der Waals surface area (Å²) >= 11 is 1.57. The Morgan fingerprint density at radius 2 is 2.07 bits per heavy atom. The summed E-state index contributed by atoms with van der Waals surface area (Å²) in [6.07, 6.45) is 5.26. The number of nitrogens with zero attached hydrogens (tertiary/aromatic N) is 6. The molecule has 0 saturated carbocycles. The van der Waals surface area contributed by atoms with Gasteiger partial charge in [0.15, 0.2) is 22.1 Å². The molecule has 0 N–H and O–H groups in total. The standard InChI is InChI=1S/C22H24N6OS/c1-4-16-7-6-15(12-17(16)13-23)14-30-22-25-20-19(24-18(5-2)27(20)3)21(26-22)28-8-10-29-11-9-28/h6-8,10,12H,4-5,9,11,14H2,1-3H3. The molecule has 0 radical (unpaired) electrons. The molecule has 2 aromatic heterocycles. The Morgan fingerprint density at radius 1 is 1.20 bits per heavy atom. The van der Waals surface area contributed by atoms with E-state index in [1.165, 1.54) is 0 Å². The van der Waals surface area contributed by atoms with Crippen molar-refractivity contribution in [1.82, 2.24) is 19.5 Å². The average molecular weight is 421 g/mol. The monoisotopic (exact) mass is 420 g/mol. The van der Waals surface area contributed by atoms with Crippen molar-refractivity contribution in [3.63, 3.8) is 0 Å². The Kier molecular flexibility index (Phi) is 5.91. The Bertz CT molecular complexity index is 1150. The number of thioether (sulfide) groups is 1. The molecule has 0 bridgehead atoms. The molecule has 3 heterocycles. The second-order valence-corrected chi connectivity index (χ2v) is 7.98. The van der Waals surface area contributed by atoms with Crippen molar-refractivity contribution in [1.29, 1.82) is 5.26 Å². The van der Waals surface area contributed by atoms with E-state index in [2.05, 4.69) is 30.9 Å². The SMILES string of the molecule is CCc1ccc(CSc2nc(N3C=COCC3)c3nc(CC)n(C)c3n2)cc1C#N. The van der Waals surface area contributed by atoms with Gasteiger partial charge < -0.3 is 14.2 Å². The summed E-state index contributed by atoms with van der Waals surface area (Å²) in [5, 5.41) is 10.1. The molecule has 1 aliphatic heterocycles. The minimum absolute atomic E-state index is 0.610. The van der Waals surface area contributed by atoms with E-state index in [-0.39, 0.29) is 0 Å². The van der Waals surface area contributed by atoms with Gasteiger partial charge in [0.1, 0.15) is 12.4 Å². The first-order chi connectivity index (χ1) is 14.6. The number of ether oxygens (including phenoxy) is 1. The van der Waals surface area contributed by atoms with Gasteiger partial charge in [0.25, 0.3) is 0 Å². The maximum Gasteiger partial charge on any atom is 0.191 e. The smallest absolute Gasteiger partial charge is 0.191 e. The van der Waals surface area contributed by atoms with Crippen LogP contribution in [0, 0.1) is 11.3 Å². The molecule has 8 heteroatoms. The van der Waals surface area contributed by atoms with Crippen LogP contribution in [0.25, 0.3) is 11.2 Å². The lowest BCUT2D eigenvalue weighted by Gasteiger charge is -2.22. The number of nitriles is 1. The van der Waals surface area contributed by atoms with Crippen LogP contribution in [0.15, 0.2) is 35.8 Å². The third kappa shape index (κ3) is 3.85. The Hall–Kier alpha value is -3.05. The second kappa shape index (κ2) is 8.76. The highest BCUT2D eigenvalue weighted by Crippen LogP contribution is 2.30. The fourth-order valence-electron chi connectivity index (χ4n) is 3.51. The Labute approximate surface area is 180 Å². The van der Waals surface area contributed by atoms with Crippen LogP contribution in [0.1, 0.15) is 36.4 Å². The van der Waals surface area contributed by atoms with E-state index in [0.717, 1.165) is 58.9 Å². The maximum atomic E-state index is 9.40. The van der Waals surface area contributed by atoms with Gasteiger partial charge in [0.2, 0.25) is 0 Å². The van der Waals surface area contributed by atoms with Gasteiger partial charge in [-0.05, 0) is 23.6 Å². The minimum Gasteiger partial charge on any atom is -0.498 e. The third-order valence-electron chi connectivity index (χ3n) is 5.19. The molecule has 30 heavy (non-hydrogen) atoms. The molecule has 4 rings (SSSR count). The van der Waals surface area contributed by atoms with E-state index in [1.54, 1.807) is 18.0 Å². The molecule has 0 amide bonds. The van der Waals surface area contributed by atoms with Crippen molar-refractivity contribution in [3.8, 4) is 6.07 Å². The number of aryl methyl sites for hydroxylation is 3. The number of rotatable bonds is 6. The molecular weight excluding hydrogens is 396 g/mol. The lowest BCUT2D eigenvalue weighted by Crippen LogP contribution is -2.25. The predicted molar refractivity (Wildman–Crippen MR) is 118 cm³/mol. The summed E-state index contributed by atoms with van der Waals surface area (Å²) < 4.78 is 7.38. The van der Waals surface area contributed by atoms with Gasteiger partial charge in [0, 0.05) is 25.4 Å². The molecule has 0 saturated heterocycles. The lowest BCUT2D eigenvalue weighted by atomic mass is 10.0.